The number of rotatable bonds is 1. The molecule has 2 unspecified atom stereocenters. The summed E-state index contributed by atoms with van der Waals surface area (Å²) in [6.45, 7) is 0. The van der Waals surface area contributed by atoms with Gasteiger partial charge in [0.25, 0.3) is 0 Å². The molecule has 0 fully saturated rings. The number of fused-ring (bicyclic) bond motifs is 1. The lowest BCUT2D eigenvalue weighted by molar-refractivity contribution is -0.000434. The molecule has 1 aromatic rings. The summed E-state index contributed by atoms with van der Waals surface area (Å²) >= 11 is 0. The van der Waals surface area contributed by atoms with Gasteiger partial charge in [0.1, 0.15) is 6.10 Å². The highest BCUT2D eigenvalue weighted by Crippen LogP contribution is 2.32. The summed E-state index contributed by atoms with van der Waals surface area (Å²) < 4.78 is 5.16. The number of aliphatic hydroxyl groups is 1. The van der Waals surface area contributed by atoms with Gasteiger partial charge >= 0.3 is 0 Å². The van der Waals surface area contributed by atoms with E-state index >= 15 is 0 Å². The molecule has 0 bridgehead atoms. The quantitative estimate of drug-likeness (QED) is 0.677. The van der Waals surface area contributed by atoms with Crippen LogP contribution in [0.1, 0.15) is 17.2 Å². The lowest BCUT2D eigenvalue weighted by Crippen LogP contribution is -2.15. The Labute approximate surface area is 71.8 Å². The maximum atomic E-state index is 9.72. The predicted molar refractivity (Wildman–Crippen MR) is 45.9 cm³/mol. The van der Waals surface area contributed by atoms with Gasteiger partial charge in [-0.3, -0.25) is 0 Å². The smallest absolute Gasteiger partial charge is 0.106 e. The lowest BCUT2D eigenvalue weighted by Gasteiger charge is -2.11. The highest BCUT2D eigenvalue weighted by Gasteiger charge is 2.29. The molecule has 0 saturated carbocycles. The van der Waals surface area contributed by atoms with E-state index in [0.717, 1.165) is 12.0 Å². The second-order valence-corrected chi connectivity index (χ2v) is 3.12. The molecule has 0 heterocycles. The van der Waals surface area contributed by atoms with Crippen molar-refractivity contribution in [3.63, 3.8) is 0 Å². The van der Waals surface area contributed by atoms with Crippen LogP contribution < -0.4 is 0 Å². The zero-order chi connectivity index (χ0) is 8.55. The summed E-state index contributed by atoms with van der Waals surface area (Å²) in [5.74, 6) is 0. The van der Waals surface area contributed by atoms with Crippen LogP contribution in [0.25, 0.3) is 0 Å². The number of hydrogen-bond donors (Lipinski definition) is 1. The minimum absolute atomic E-state index is 0.0533. The highest BCUT2D eigenvalue weighted by atomic mass is 16.5. The molecule has 0 spiro atoms. The van der Waals surface area contributed by atoms with Crippen molar-refractivity contribution in [1.29, 1.82) is 0 Å². The van der Waals surface area contributed by atoms with Gasteiger partial charge < -0.3 is 9.84 Å². The Morgan fingerprint density at radius 3 is 2.83 bits per heavy atom. The van der Waals surface area contributed by atoms with Crippen LogP contribution in [0, 0.1) is 0 Å². The first-order valence-electron chi connectivity index (χ1n) is 4.11. The van der Waals surface area contributed by atoms with Crippen molar-refractivity contribution >= 4 is 0 Å². The van der Waals surface area contributed by atoms with Gasteiger partial charge in [-0.15, -0.1) is 0 Å². The van der Waals surface area contributed by atoms with Crippen molar-refractivity contribution in [3.05, 3.63) is 35.4 Å². The van der Waals surface area contributed by atoms with Crippen LogP contribution in [-0.2, 0) is 11.2 Å². The number of methoxy groups -OCH3 is 1. The van der Waals surface area contributed by atoms with Gasteiger partial charge in [-0.25, -0.2) is 0 Å². The summed E-state index contributed by atoms with van der Waals surface area (Å²) in [4.78, 5) is 0. The third kappa shape index (κ3) is 1.04. The number of hydrogen-bond acceptors (Lipinski definition) is 2. The van der Waals surface area contributed by atoms with E-state index in [0.29, 0.717) is 0 Å². The molecule has 2 rings (SSSR count). The molecule has 2 atom stereocenters. The number of ether oxygens (including phenoxy) is 1. The molecular formula is C10H12O2. The lowest BCUT2D eigenvalue weighted by atomic mass is 10.1. The summed E-state index contributed by atoms with van der Waals surface area (Å²) in [5, 5.41) is 9.72. The summed E-state index contributed by atoms with van der Waals surface area (Å²) in [7, 11) is 1.64. The zero-order valence-corrected chi connectivity index (χ0v) is 7.03. The van der Waals surface area contributed by atoms with Crippen LogP contribution in [-0.4, -0.2) is 18.3 Å². The third-order valence-corrected chi connectivity index (χ3v) is 2.45. The molecule has 1 aromatic carbocycles. The van der Waals surface area contributed by atoms with Gasteiger partial charge in [-0.05, 0) is 11.1 Å². The minimum Gasteiger partial charge on any atom is -0.386 e. The topological polar surface area (TPSA) is 29.5 Å². The molecule has 0 amide bonds. The van der Waals surface area contributed by atoms with Gasteiger partial charge in [0.05, 0.1) is 6.10 Å². The molecule has 1 N–H and O–H groups in total. The van der Waals surface area contributed by atoms with Gasteiger partial charge in [0.2, 0.25) is 0 Å². The van der Waals surface area contributed by atoms with Crippen LogP contribution in [0.3, 0.4) is 0 Å². The monoisotopic (exact) mass is 164 g/mol. The summed E-state index contributed by atoms with van der Waals surface area (Å²) in [6, 6.07) is 7.93. The molecule has 0 aliphatic heterocycles. The van der Waals surface area contributed by atoms with Crippen molar-refractivity contribution in [2.24, 2.45) is 0 Å². The Kier molecular flexibility index (Phi) is 1.87. The van der Waals surface area contributed by atoms with Crippen molar-refractivity contribution in [1.82, 2.24) is 0 Å². The number of benzene rings is 1. The van der Waals surface area contributed by atoms with Crippen LogP contribution in [0.5, 0.6) is 0 Å². The molecule has 1 aliphatic rings. The molecule has 0 aromatic heterocycles. The molecule has 12 heavy (non-hydrogen) atoms. The fourth-order valence-electron chi connectivity index (χ4n) is 1.75. The minimum atomic E-state index is -0.439. The van der Waals surface area contributed by atoms with Crippen molar-refractivity contribution < 1.29 is 9.84 Å². The van der Waals surface area contributed by atoms with Gasteiger partial charge in [0.15, 0.2) is 0 Å². The van der Waals surface area contributed by atoms with Crippen LogP contribution >= 0.6 is 0 Å². The third-order valence-electron chi connectivity index (χ3n) is 2.45. The molecular weight excluding hydrogens is 152 g/mol. The fraction of sp³-hybridized carbons (Fsp3) is 0.400. The van der Waals surface area contributed by atoms with E-state index in [1.54, 1.807) is 7.11 Å². The normalized spacial score (nSPS) is 27.2. The van der Waals surface area contributed by atoms with E-state index in [2.05, 4.69) is 0 Å². The van der Waals surface area contributed by atoms with Gasteiger partial charge in [-0.2, -0.15) is 0 Å². The maximum absolute atomic E-state index is 9.72. The Morgan fingerprint density at radius 2 is 2.17 bits per heavy atom. The standard InChI is InChI=1S/C10H12O2/c1-12-9-6-7-4-2-3-5-8(7)10(9)11/h2-5,9-11H,6H2,1H3. The first-order chi connectivity index (χ1) is 5.83. The average molecular weight is 164 g/mol. The van der Waals surface area contributed by atoms with E-state index in [9.17, 15) is 5.11 Å². The van der Waals surface area contributed by atoms with E-state index in [4.69, 9.17) is 4.74 Å². The Hall–Kier alpha value is -0.860. The second-order valence-electron chi connectivity index (χ2n) is 3.12. The molecule has 0 radical (unpaired) electrons. The SMILES string of the molecule is COC1Cc2ccccc2C1O. The molecule has 2 heteroatoms. The Balaban J connectivity index is 2.35. The van der Waals surface area contributed by atoms with Gasteiger partial charge in [0, 0.05) is 13.5 Å². The average Bonchev–Trinajstić information content (AvgIpc) is 2.44. The van der Waals surface area contributed by atoms with Crippen LogP contribution in [0.4, 0.5) is 0 Å². The van der Waals surface area contributed by atoms with Gasteiger partial charge in [-0.1, -0.05) is 24.3 Å². The summed E-state index contributed by atoms with van der Waals surface area (Å²) in [5.41, 5.74) is 2.22. The largest absolute Gasteiger partial charge is 0.386 e. The van der Waals surface area contributed by atoms with E-state index < -0.39 is 6.10 Å². The second kappa shape index (κ2) is 2.88. The van der Waals surface area contributed by atoms with E-state index in [-0.39, 0.29) is 6.10 Å². The summed E-state index contributed by atoms with van der Waals surface area (Å²) in [6.07, 6.45) is 0.335. The zero-order valence-electron chi connectivity index (χ0n) is 7.03. The van der Waals surface area contributed by atoms with Crippen LogP contribution in [0.2, 0.25) is 0 Å². The Bertz CT molecular complexity index is 283. The predicted octanol–water partition coefficient (Wildman–Crippen LogP) is 1.29. The number of aliphatic hydroxyl groups excluding tert-OH is 1. The first-order valence-corrected chi connectivity index (χ1v) is 4.11. The van der Waals surface area contributed by atoms with Crippen LogP contribution in [0.15, 0.2) is 24.3 Å². The fourth-order valence-corrected chi connectivity index (χ4v) is 1.75. The maximum Gasteiger partial charge on any atom is 0.106 e. The Morgan fingerprint density at radius 1 is 1.42 bits per heavy atom. The van der Waals surface area contributed by atoms with Crippen molar-refractivity contribution in [2.45, 2.75) is 18.6 Å². The van der Waals surface area contributed by atoms with E-state index in [1.165, 1.54) is 5.56 Å². The van der Waals surface area contributed by atoms with Crippen molar-refractivity contribution in [3.8, 4) is 0 Å². The first kappa shape index (κ1) is 7.77. The van der Waals surface area contributed by atoms with Crippen molar-refractivity contribution in [2.75, 3.05) is 7.11 Å². The molecule has 2 nitrogen and oxygen atoms in total. The molecule has 0 saturated heterocycles. The highest BCUT2D eigenvalue weighted by molar-refractivity contribution is 5.35. The molecule has 1 aliphatic carbocycles. The van der Waals surface area contributed by atoms with E-state index in [1.807, 2.05) is 24.3 Å². The molecule has 64 valence electrons.